The van der Waals surface area contributed by atoms with E-state index in [-0.39, 0.29) is 27.0 Å². The third kappa shape index (κ3) is 4.45. The van der Waals surface area contributed by atoms with Crippen LogP contribution in [0, 0.1) is 0 Å². The second kappa shape index (κ2) is 7.78. The van der Waals surface area contributed by atoms with Crippen molar-refractivity contribution in [1.29, 1.82) is 0 Å². The van der Waals surface area contributed by atoms with Gasteiger partial charge in [-0.1, -0.05) is 40.6 Å². The van der Waals surface area contributed by atoms with E-state index in [9.17, 15) is 14.7 Å². The summed E-state index contributed by atoms with van der Waals surface area (Å²) in [5.74, 6) is -1.30. The molecule has 3 rings (SSSR count). The fourth-order valence-corrected chi connectivity index (χ4v) is 3.35. The van der Waals surface area contributed by atoms with Crippen LogP contribution in [0.4, 0.5) is 15.6 Å². The molecule has 0 aliphatic heterocycles. The van der Waals surface area contributed by atoms with E-state index in [4.69, 9.17) is 28.3 Å². The van der Waals surface area contributed by atoms with Crippen LogP contribution in [0.2, 0.25) is 10.0 Å². The number of aromatic hydroxyl groups is 1. The van der Waals surface area contributed by atoms with Crippen LogP contribution in [0.1, 0.15) is 10.4 Å². The summed E-state index contributed by atoms with van der Waals surface area (Å²) in [6.07, 6.45) is 0. The average Bonchev–Trinajstić information content (AvgIpc) is 3.06. The van der Waals surface area contributed by atoms with Crippen LogP contribution >= 0.6 is 34.5 Å². The molecule has 138 valence electrons. The van der Waals surface area contributed by atoms with E-state index in [1.807, 2.05) is 0 Å². The molecule has 0 spiro atoms. The quantitative estimate of drug-likeness (QED) is 0.486. The zero-order valence-electron chi connectivity index (χ0n) is 13.2. The van der Waals surface area contributed by atoms with Crippen LogP contribution in [0.25, 0.3) is 10.6 Å². The molecule has 0 atom stereocenters. The molecule has 2 amide bonds. The summed E-state index contributed by atoms with van der Waals surface area (Å²) in [6.45, 7) is 0. The van der Waals surface area contributed by atoms with E-state index in [0.717, 1.165) is 11.3 Å². The molecule has 0 bridgehead atoms. The van der Waals surface area contributed by atoms with Gasteiger partial charge in [0, 0.05) is 10.7 Å². The van der Waals surface area contributed by atoms with Gasteiger partial charge < -0.3 is 15.5 Å². The summed E-state index contributed by atoms with van der Waals surface area (Å²) in [7, 11) is 0. The molecule has 0 aliphatic carbocycles. The molecule has 2 aromatic carbocycles. The molecular formula is C16H10Cl2N4O4S. The van der Waals surface area contributed by atoms with Gasteiger partial charge in [0.1, 0.15) is 5.75 Å². The summed E-state index contributed by atoms with van der Waals surface area (Å²) in [4.78, 5) is 23.0. The summed E-state index contributed by atoms with van der Waals surface area (Å²) >= 11 is 12.8. The molecule has 8 nitrogen and oxygen atoms in total. The molecule has 0 saturated heterocycles. The van der Waals surface area contributed by atoms with Gasteiger partial charge in [0.15, 0.2) is 5.01 Å². The maximum Gasteiger partial charge on any atom is 0.335 e. The maximum absolute atomic E-state index is 12.1. The number of carbonyl (C=O) groups excluding carboxylic acids is 1. The highest BCUT2D eigenvalue weighted by Gasteiger charge is 2.16. The van der Waals surface area contributed by atoms with Crippen LogP contribution < -0.4 is 10.6 Å². The number of urea groups is 1. The van der Waals surface area contributed by atoms with Crippen molar-refractivity contribution in [3.8, 4) is 16.3 Å². The number of halogens is 2. The number of hydrogen-bond acceptors (Lipinski definition) is 6. The highest BCUT2D eigenvalue weighted by Crippen LogP contribution is 2.39. The third-order valence-electron chi connectivity index (χ3n) is 3.27. The van der Waals surface area contributed by atoms with E-state index < -0.39 is 12.0 Å². The lowest BCUT2D eigenvalue weighted by molar-refractivity contribution is 0.0697. The van der Waals surface area contributed by atoms with Gasteiger partial charge in [0.05, 0.1) is 16.1 Å². The lowest BCUT2D eigenvalue weighted by Gasteiger charge is -2.05. The first-order chi connectivity index (χ1) is 12.8. The van der Waals surface area contributed by atoms with Crippen molar-refractivity contribution in [2.24, 2.45) is 0 Å². The second-order valence-electron chi connectivity index (χ2n) is 5.16. The Bertz CT molecular complexity index is 1040. The number of phenolic OH excluding ortho intramolecular Hbond substituents is 1. The summed E-state index contributed by atoms with van der Waals surface area (Å²) < 4.78 is 0. The second-order valence-corrected chi connectivity index (χ2v) is 6.98. The molecule has 0 saturated carbocycles. The van der Waals surface area contributed by atoms with Crippen molar-refractivity contribution in [3.05, 3.63) is 52.0 Å². The van der Waals surface area contributed by atoms with Crippen molar-refractivity contribution in [3.63, 3.8) is 0 Å². The normalized spacial score (nSPS) is 10.4. The van der Waals surface area contributed by atoms with Gasteiger partial charge in [-0.15, -0.1) is 10.2 Å². The van der Waals surface area contributed by atoms with E-state index in [1.54, 1.807) is 6.07 Å². The van der Waals surface area contributed by atoms with Crippen molar-refractivity contribution >= 4 is 57.4 Å². The van der Waals surface area contributed by atoms with Crippen molar-refractivity contribution in [2.45, 2.75) is 0 Å². The maximum atomic E-state index is 12.1. The van der Waals surface area contributed by atoms with E-state index in [0.29, 0.717) is 15.7 Å². The van der Waals surface area contributed by atoms with Crippen molar-refractivity contribution < 1.29 is 19.8 Å². The number of aromatic nitrogens is 2. The van der Waals surface area contributed by atoms with Gasteiger partial charge in [0.2, 0.25) is 5.13 Å². The van der Waals surface area contributed by atoms with Gasteiger partial charge >= 0.3 is 12.0 Å². The van der Waals surface area contributed by atoms with Gasteiger partial charge in [-0.25, -0.2) is 9.59 Å². The van der Waals surface area contributed by atoms with Crippen molar-refractivity contribution in [1.82, 2.24) is 10.2 Å². The molecule has 11 heteroatoms. The highest BCUT2D eigenvalue weighted by atomic mass is 35.5. The van der Waals surface area contributed by atoms with E-state index in [2.05, 4.69) is 20.8 Å². The van der Waals surface area contributed by atoms with Gasteiger partial charge in [0.25, 0.3) is 0 Å². The molecular weight excluding hydrogens is 415 g/mol. The molecule has 27 heavy (non-hydrogen) atoms. The monoisotopic (exact) mass is 424 g/mol. The minimum absolute atomic E-state index is 0.0410. The summed E-state index contributed by atoms with van der Waals surface area (Å²) in [5, 5.41) is 32.5. The zero-order valence-corrected chi connectivity index (χ0v) is 15.6. The first-order valence-electron chi connectivity index (χ1n) is 7.26. The number of hydrogen-bond donors (Lipinski definition) is 4. The first-order valence-corrected chi connectivity index (χ1v) is 8.84. The Morgan fingerprint density at radius 3 is 2.59 bits per heavy atom. The Morgan fingerprint density at radius 2 is 1.85 bits per heavy atom. The van der Waals surface area contributed by atoms with Gasteiger partial charge in [-0.05, 0) is 30.3 Å². The lowest BCUT2D eigenvalue weighted by atomic mass is 10.2. The number of rotatable bonds is 4. The number of anilines is 2. The smallest absolute Gasteiger partial charge is 0.335 e. The minimum Gasteiger partial charge on any atom is -0.506 e. The Morgan fingerprint density at radius 1 is 1.07 bits per heavy atom. The van der Waals surface area contributed by atoms with Crippen molar-refractivity contribution in [2.75, 3.05) is 10.6 Å². The number of carboxylic acids is 1. The van der Waals surface area contributed by atoms with Crippen LogP contribution in [-0.4, -0.2) is 32.4 Å². The topological polar surface area (TPSA) is 124 Å². The lowest BCUT2D eigenvalue weighted by Crippen LogP contribution is -2.19. The molecule has 4 N–H and O–H groups in total. The summed E-state index contributed by atoms with van der Waals surface area (Å²) in [5.41, 5.74) is 0.628. The number of phenols is 1. The van der Waals surface area contributed by atoms with Crippen LogP contribution in [-0.2, 0) is 0 Å². The fraction of sp³-hybridized carbons (Fsp3) is 0. The average molecular weight is 425 g/mol. The molecule has 0 fully saturated rings. The molecule has 1 aromatic heterocycles. The molecule has 0 radical (unpaired) electrons. The largest absolute Gasteiger partial charge is 0.506 e. The number of amides is 2. The number of nitrogens with zero attached hydrogens (tertiary/aromatic N) is 2. The SMILES string of the molecule is O=C(Nc1cccc(C(=O)O)c1)Nc1nnc(-c2cc(Cl)cc(Cl)c2O)s1. The molecule has 3 aromatic rings. The van der Waals surface area contributed by atoms with Crippen LogP contribution in [0.15, 0.2) is 36.4 Å². The Labute approximate surface area is 166 Å². The predicted molar refractivity (Wildman–Crippen MR) is 103 cm³/mol. The minimum atomic E-state index is -1.10. The predicted octanol–water partition coefficient (Wildman–Crippen LogP) is 4.56. The van der Waals surface area contributed by atoms with E-state index >= 15 is 0 Å². The van der Waals surface area contributed by atoms with E-state index in [1.165, 1.54) is 30.3 Å². The Kier molecular flexibility index (Phi) is 5.45. The number of aromatic carboxylic acids is 1. The van der Waals surface area contributed by atoms with Crippen LogP contribution in [0.3, 0.4) is 0 Å². The highest BCUT2D eigenvalue weighted by molar-refractivity contribution is 7.18. The van der Waals surface area contributed by atoms with Gasteiger partial charge in [-0.3, -0.25) is 5.32 Å². The first kappa shape index (κ1) is 18.9. The van der Waals surface area contributed by atoms with Gasteiger partial charge in [-0.2, -0.15) is 0 Å². The Balaban J connectivity index is 1.73. The standard InChI is InChI=1S/C16H10Cl2N4O4S/c17-8-5-10(12(23)11(18)6-8)13-21-22-16(27-13)20-15(26)19-9-3-1-2-7(4-9)14(24)25/h1-6,23H,(H,24,25)(H2,19,20,22,26). The zero-order chi connectivity index (χ0) is 19.6. The fourth-order valence-electron chi connectivity index (χ4n) is 2.10. The number of nitrogens with one attached hydrogen (secondary N) is 2. The molecule has 0 unspecified atom stereocenters. The number of carbonyl (C=O) groups is 2. The number of carboxylic acid groups (broad SMARTS) is 1. The number of benzene rings is 2. The summed E-state index contributed by atoms with van der Waals surface area (Å²) in [6, 6.07) is 8.02. The Hall–Kier alpha value is -2.88. The molecule has 0 aliphatic rings. The molecule has 1 heterocycles. The third-order valence-corrected chi connectivity index (χ3v) is 4.65. The van der Waals surface area contributed by atoms with Crippen LogP contribution in [0.5, 0.6) is 5.75 Å².